The topological polar surface area (TPSA) is 63.2 Å². The molecule has 1 amide bonds. The van der Waals surface area contributed by atoms with Crippen LogP contribution in [0.5, 0.6) is 5.75 Å². The van der Waals surface area contributed by atoms with Crippen LogP contribution >= 0.6 is 15.9 Å². The summed E-state index contributed by atoms with van der Waals surface area (Å²) < 4.78 is 41.3. The summed E-state index contributed by atoms with van der Waals surface area (Å²) in [6.45, 7) is 0. The number of nitrogens with zero attached hydrogens (tertiary/aromatic N) is 1. The number of hydrogen-bond donors (Lipinski definition) is 2. The van der Waals surface area contributed by atoms with Gasteiger partial charge in [0.15, 0.2) is 0 Å². The van der Waals surface area contributed by atoms with Crippen LogP contribution < -0.4 is 15.4 Å². The number of rotatable bonds is 5. The minimum Gasteiger partial charge on any atom is -0.406 e. The first kappa shape index (κ1) is 19.7. The van der Waals surface area contributed by atoms with Gasteiger partial charge in [-0.15, -0.1) is 13.2 Å². The molecule has 0 aliphatic carbocycles. The number of aromatic nitrogens is 1. The number of ether oxygens (including phenoxy) is 1. The highest BCUT2D eigenvalue weighted by Crippen LogP contribution is 2.25. The number of alkyl halides is 3. The number of carbonyl (C=O) groups is 1. The summed E-state index contributed by atoms with van der Waals surface area (Å²) in [5.74, 6) is -0.492. The van der Waals surface area contributed by atoms with Crippen LogP contribution in [0.1, 0.15) is 10.4 Å². The fourth-order valence-electron chi connectivity index (χ4n) is 2.33. The Labute approximate surface area is 166 Å². The van der Waals surface area contributed by atoms with Crippen molar-refractivity contribution in [2.24, 2.45) is 0 Å². The van der Waals surface area contributed by atoms with Crippen molar-refractivity contribution in [2.75, 3.05) is 10.6 Å². The number of anilines is 3. The Kier molecular flexibility index (Phi) is 5.84. The Bertz CT molecular complexity index is 979. The lowest BCUT2D eigenvalue weighted by atomic mass is 10.2. The van der Waals surface area contributed by atoms with Gasteiger partial charge in [-0.3, -0.25) is 4.79 Å². The summed E-state index contributed by atoms with van der Waals surface area (Å²) in [5, 5.41) is 5.69. The molecule has 0 spiro atoms. The van der Waals surface area contributed by atoms with Gasteiger partial charge in [0, 0.05) is 22.0 Å². The van der Waals surface area contributed by atoms with Crippen LogP contribution in [0.4, 0.5) is 30.4 Å². The zero-order valence-electron chi connectivity index (χ0n) is 14.1. The van der Waals surface area contributed by atoms with E-state index in [2.05, 4.69) is 36.3 Å². The molecule has 28 heavy (non-hydrogen) atoms. The quantitative estimate of drug-likeness (QED) is 0.519. The minimum absolute atomic E-state index is 0.276. The van der Waals surface area contributed by atoms with Gasteiger partial charge in [0.1, 0.15) is 11.6 Å². The summed E-state index contributed by atoms with van der Waals surface area (Å²) in [5.41, 5.74) is 1.32. The lowest BCUT2D eigenvalue weighted by Crippen LogP contribution is -2.17. The van der Waals surface area contributed by atoms with E-state index in [1.165, 1.54) is 12.1 Å². The maximum atomic E-state index is 12.6. The second-order valence-electron chi connectivity index (χ2n) is 5.56. The predicted molar refractivity (Wildman–Crippen MR) is 103 cm³/mol. The van der Waals surface area contributed by atoms with Crippen molar-refractivity contribution >= 4 is 39.0 Å². The molecule has 5 nitrogen and oxygen atoms in total. The average molecular weight is 452 g/mol. The largest absolute Gasteiger partial charge is 0.573 e. The van der Waals surface area contributed by atoms with Crippen LogP contribution in [0.3, 0.4) is 0 Å². The third-order valence-electron chi connectivity index (χ3n) is 3.49. The second kappa shape index (κ2) is 8.30. The van der Waals surface area contributed by atoms with Gasteiger partial charge < -0.3 is 15.4 Å². The summed E-state index contributed by atoms with van der Waals surface area (Å²) in [6.07, 6.45) is -3.23. The van der Waals surface area contributed by atoms with E-state index in [-0.39, 0.29) is 11.3 Å². The molecule has 0 unspecified atom stereocenters. The van der Waals surface area contributed by atoms with Crippen molar-refractivity contribution in [2.45, 2.75) is 6.36 Å². The standard InChI is InChI=1S/C19H13BrF3N3O2/c20-12-3-1-4-14(11-12)25-17-16(5-2-10-24-17)18(27)26-13-6-8-15(9-7-13)28-19(21,22)23/h1-11H,(H,24,25)(H,26,27). The SMILES string of the molecule is O=C(Nc1ccc(OC(F)(F)F)cc1)c1cccnc1Nc1cccc(Br)c1. The molecule has 0 saturated heterocycles. The van der Waals surface area contributed by atoms with Gasteiger partial charge in [-0.1, -0.05) is 22.0 Å². The van der Waals surface area contributed by atoms with Gasteiger partial charge in [-0.2, -0.15) is 0 Å². The zero-order valence-corrected chi connectivity index (χ0v) is 15.7. The predicted octanol–water partition coefficient (Wildman–Crippen LogP) is 5.74. The van der Waals surface area contributed by atoms with E-state index in [0.29, 0.717) is 11.5 Å². The Morgan fingerprint density at radius 2 is 1.75 bits per heavy atom. The lowest BCUT2D eigenvalue weighted by Gasteiger charge is -2.12. The number of carbonyl (C=O) groups excluding carboxylic acids is 1. The molecule has 1 aromatic heterocycles. The van der Waals surface area contributed by atoms with Crippen LogP contribution in [0.25, 0.3) is 0 Å². The van der Waals surface area contributed by atoms with Gasteiger partial charge in [0.05, 0.1) is 5.56 Å². The van der Waals surface area contributed by atoms with Gasteiger partial charge in [0.25, 0.3) is 5.91 Å². The van der Waals surface area contributed by atoms with Crippen LogP contribution in [0.2, 0.25) is 0 Å². The van der Waals surface area contributed by atoms with Crippen LogP contribution in [0, 0.1) is 0 Å². The molecule has 0 fully saturated rings. The molecule has 0 aliphatic rings. The summed E-state index contributed by atoms with van der Waals surface area (Å²) in [4.78, 5) is 16.8. The van der Waals surface area contributed by atoms with E-state index in [1.54, 1.807) is 18.3 Å². The summed E-state index contributed by atoms with van der Waals surface area (Å²) in [7, 11) is 0. The average Bonchev–Trinajstić information content (AvgIpc) is 2.62. The second-order valence-corrected chi connectivity index (χ2v) is 6.48. The molecule has 3 aromatic rings. The number of hydrogen-bond acceptors (Lipinski definition) is 4. The van der Waals surface area contributed by atoms with E-state index in [4.69, 9.17) is 0 Å². The molecule has 1 heterocycles. The third-order valence-corrected chi connectivity index (χ3v) is 3.98. The number of benzene rings is 2. The van der Waals surface area contributed by atoms with Gasteiger partial charge in [-0.05, 0) is 54.6 Å². The molecule has 0 radical (unpaired) electrons. The van der Waals surface area contributed by atoms with Crippen molar-refractivity contribution in [1.82, 2.24) is 4.98 Å². The van der Waals surface area contributed by atoms with Crippen molar-refractivity contribution in [3.05, 3.63) is 76.9 Å². The first-order valence-electron chi connectivity index (χ1n) is 7.95. The molecule has 0 bridgehead atoms. The Balaban J connectivity index is 1.74. The maximum absolute atomic E-state index is 12.6. The smallest absolute Gasteiger partial charge is 0.406 e. The molecule has 3 rings (SSSR count). The van der Waals surface area contributed by atoms with Gasteiger partial charge >= 0.3 is 6.36 Å². The first-order valence-corrected chi connectivity index (χ1v) is 8.74. The minimum atomic E-state index is -4.77. The van der Waals surface area contributed by atoms with Crippen LogP contribution in [-0.2, 0) is 0 Å². The molecule has 0 atom stereocenters. The molecular formula is C19H13BrF3N3O2. The fraction of sp³-hybridized carbons (Fsp3) is 0.0526. The summed E-state index contributed by atoms with van der Waals surface area (Å²) in [6, 6.07) is 15.4. The first-order chi connectivity index (χ1) is 13.3. The van der Waals surface area contributed by atoms with Crippen molar-refractivity contribution < 1.29 is 22.7 Å². The van der Waals surface area contributed by atoms with E-state index in [1.807, 2.05) is 24.3 Å². The Hall–Kier alpha value is -3.07. The normalized spacial score (nSPS) is 11.0. The highest BCUT2D eigenvalue weighted by atomic mass is 79.9. The van der Waals surface area contributed by atoms with E-state index < -0.39 is 12.3 Å². The molecule has 2 aromatic carbocycles. The maximum Gasteiger partial charge on any atom is 0.573 e. The molecule has 0 saturated carbocycles. The van der Waals surface area contributed by atoms with Gasteiger partial charge in [-0.25, -0.2) is 4.98 Å². The Morgan fingerprint density at radius 1 is 1.00 bits per heavy atom. The molecule has 2 N–H and O–H groups in total. The lowest BCUT2D eigenvalue weighted by molar-refractivity contribution is -0.274. The number of nitrogens with one attached hydrogen (secondary N) is 2. The van der Waals surface area contributed by atoms with Gasteiger partial charge in [0.2, 0.25) is 0 Å². The molecule has 0 aliphatic heterocycles. The molecule has 9 heteroatoms. The number of pyridine rings is 1. The van der Waals surface area contributed by atoms with Crippen LogP contribution in [-0.4, -0.2) is 17.3 Å². The fourth-order valence-corrected chi connectivity index (χ4v) is 2.73. The number of halogens is 4. The monoisotopic (exact) mass is 451 g/mol. The van der Waals surface area contributed by atoms with Crippen molar-refractivity contribution in [1.29, 1.82) is 0 Å². The van der Waals surface area contributed by atoms with Crippen molar-refractivity contribution in [3.63, 3.8) is 0 Å². The zero-order chi connectivity index (χ0) is 20.1. The van der Waals surface area contributed by atoms with E-state index in [9.17, 15) is 18.0 Å². The molecular weight excluding hydrogens is 439 g/mol. The van der Waals surface area contributed by atoms with Crippen molar-refractivity contribution in [3.8, 4) is 5.75 Å². The summed E-state index contributed by atoms with van der Waals surface area (Å²) >= 11 is 3.37. The van der Waals surface area contributed by atoms with Crippen LogP contribution in [0.15, 0.2) is 71.3 Å². The molecule has 144 valence electrons. The Morgan fingerprint density at radius 3 is 2.43 bits per heavy atom. The van der Waals surface area contributed by atoms with E-state index >= 15 is 0 Å². The number of amides is 1. The van der Waals surface area contributed by atoms with E-state index in [0.717, 1.165) is 22.3 Å². The highest BCUT2D eigenvalue weighted by molar-refractivity contribution is 9.10. The highest BCUT2D eigenvalue weighted by Gasteiger charge is 2.31. The third kappa shape index (κ3) is 5.46.